The minimum absolute atomic E-state index is 0.00788. The van der Waals surface area contributed by atoms with E-state index >= 15 is 0 Å². The molecule has 1 atom stereocenters. The van der Waals surface area contributed by atoms with Gasteiger partial charge in [-0.25, -0.2) is 9.78 Å². The van der Waals surface area contributed by atoms with Crippen molar-refractivity contribution in [2.24, 2.45) is 5.92 Å². The summed E-state index contributed by atoms with van der Waals surface area (Å²) in [6.45, 7) is 4.02. The number of carbonyl (C=O) groups excluding carboxylic acids is 1. The van der Waals surface area contributed by atoms with Crippen LogP contribution in [0.1, 0.15) is 51.2 Å². The Balaban J connectivity index is 1.71. The van der Waals surface area contributed by atoms with Gasteiger partial charge in [0.15, 0.2) is 5.82 Å². The van der Waals surface area contributed by atoms with E-state index < -0.39 is 0 Å². The van der Waals surface area contributed by atoms with Crippen LogP contribution in [0.25, 0.3) is 0 Å². The van der Waals surface area contributed by atoms with Crippen molar-refractivity contribution >= 4 is 35.1 Å². The van der Waals surface area contributed by atoms with Crippen molar-refractivity contribution in [2.45, 2.75) is 51.7 Å². The number of aromatic nitrogens is 2. The average molecular weight is 403 g/mol. The molecule has 4 rings (SSSR count). The minimum atomic E-state index is -0.364. The zero-order valence-corrected chi connectivity index (χ0v) is 16.6. The third-order valence-electron chi connectivity index (χ3n) is 5.25. The summed E-state index contributed by atoms with van der Waals surface area (Å²) in [5, 5.41) is 12.9. The molecule has 0 saturated heterocycles. The van der Waals surface area contributed by atoms with Crippen molar-refractivity contribution in [3.63, 3.8) is 0 Å². The second-order valence-electron chi connectivity index (χ2n) is 7.62. The number of phenols is 1. The van der Waals surface area contributed by atoms with Gasteiger partial charge in [0.1, 0.15) is 11.9 Å². The summed E-state index contributed by atoms with van der Waals surface area (Å²) in [4.78, 5) is 23.6. The van der Waals surface area contributed by atoms with Crippen molar-refractivity contribution in [1.29, 1.82) is 0 Å². The molecule has 1 saturated carbocycles. The molecule has 0 bridgehead atoms. The number of rotatable bonds is 4. The number of aromatic hydroxyl groups is 1. The van der Waals surface area contributed by atoms with Crippen LogP contribution in [-0.2, 0) is 4.74 Å². The Morgan fingerprint density at radius 2 is 2.07 bits per heavy atom. The van der Waals surface area contributed by atoms with Gasteiger partial charge < -0.3 is 15.2 Å². The highest BCUT2D eigenvalue weighted by Gasteiger charge is 2.40. The van der Waals surface area contributed by atoms with Crippen molar-refractivity contribution in [3.05, 3.63) is 35.0 Å². The fraction of sp³-hybridized carbons (Fsp3) is 0.450. The standard InChI is InChI=1S/C20H23ClN4O3/c1-11(2)17-14-10-22-19(23-12-7-8-16(26)15(21)9-12)24-18(14)25(20(27)28-17)13-5-3-4-6-13/h7-11,13,17,26H,3-6H2,1-2H3,(H,22,23,24). The predicted molar refractivity (Wildman–Crippen MR) is 107 cm³/mol. The van der Waals surface area contributed by atoms with Crippen LogP contribution in [0.5, 0.6) is 5.75 Å². The van der Waals surface area contributed by atoms with Crippen molar-refractivity contribution in [2.75, 3.05) is 10.2 Å². The van der Waals surface area contributed by atoms with E-state index in [9.17, 15) is 9.90 Å². The van der Waals surface area contributed by atoms with Gasteiger partial charge in [-0.1, -0.05) is 38.3 Å². The molecular formula is C20H23ClN4O3. The molecule has 7 nitrogen and oxygen atoms in total. The summed E-state index contributed by atoms with van der Waals surface area (Å²) in [6, 6.07) is 4.88. The number of carbonyl (C=O) groups is 1. The maximum absolute atomic E-state index is 12.8. The molecule has 2 aliphatic rings. The van der Waals surface area contributed by atoms with Crippen LogP contribution in [0, 0.1) is 5.92 Å². The Hall–Kier alpha value is -2.54. The number of benzene rings is 1. The molecule has 1 aliphatic carbocycles. The molecule has 2 aromatic rings. The molecule has 2 heterocycles. The Morgan fingerprint density at radius 3 is 2.75 bits per heavy atom. The lowest BCUT2D eigenvalue weighted by molar-refractivity contribution is 0.0673. The van der Waals surface area contributed by atoms with E-state index in [0.717, 1.165) is 31.2 Å². The van der Waals surface area contributed by atoms with Gasteiger partial charge in [-0.15, -0.1) is 0 Å². The third-order valence-corrected chi connectivity index (χ3v) is 5.56. The molecule has 0 radical (unpaired) electrons. The molecule has 8 heteroatoms. The van der Waals surface area contributed by atoms with Crippen LogP contribution >= 0.6 is 11.6 Å². The van der Waals surface area contributed by atoms with Gasteiger partial charge in [-0.3, -0.25) is 4.90 Å². The lowest BCUT2D eigenvalue weighted by atomic mass is 9.98. The number of nitrogens with zero attached hydrogens (tertiary/aromatic N) is 3. The number of fused-ring (bicyclic) bond motifs is 1. The van der Waals surface area contributed by atoms with Gasteiger partial charge >= 0.3 is 6.09 Å². The number of ether oxygens (including phenoxy) is 1. The lowest BCUT2D eigenvalue weighted by Crippen LogP contribution is -2.45. The zero-order valence-electron chi connectivity index (χ0n) is 15.9. The number of cyclic esters (lactones) is 1. The maximum atomic E-state index is 12.8. The molecule has 2 N–H and O–H groups in total. The van der Waals surface area contributed by atoms with Crippen molar-refractivity contribution < 1.29 is 14.6 Å². The van der Waals surface area contributed by atoms with Crippen LogP contribution < -0.4 is 10.2 Å². The smallest absolute Gasteiger partial charge is 0.416 e. The van der Waals surface area contributed by atoms with E-state index in [0.29, 0.717) is 17.5 Å². The number of phenolic OH excluding ortho intramolecular Hbond substituents is 1. The molecule has 1 aromatic carbocycles. The van der Waals surface area contributed by atoms with Gasteiger partial charge in [-0.2, -0.15) is 4.98 Å². The highest BCUT2D eigenvalue weighted by Crippen LogP contribution is 2.41. The van der Waals surface area contributed by atoms with Crippen LogP contribution in [0.2, 0.25) is 5.02 Å². The van der Waals surface area contributed by atoms with E-state index in [4.69, 9.17) is 16.3 Å². The fourth-order valence-electron chi connectivity index (χ4n) is 3.84. The number of anilines is 3. The topological polar surface area (TPSA) is 87.6 Å². The number of halogens is 1. The molecule has 1 aliphatic heterocycles. The zero-order chi connectivity index (χ0) is 19.8. The van der Waals surface area contributed by atoms with Gasteiger partial charge in [0.05, 0.1) is 10.6 Å². The predicted octanol–water partition coefficient (Wildman–Crippen LogP) is 5.18. The summed E-state index contributed by atoms with van der Waals surface area (Å²) in [5.41, 5.74) is 1.48. The normalized spacial score (nSPS) is 19.6. The van der Waals surface area contributed by atoms with E-state index in [2.05, 4.69) is 15.3 Å². The molecule has 0 spiro atoms. The van der Waals surface area contributed by atoms with E-state index in [1.165, 1.54) is 6.07 Å². The third kappa shape index (κ3) is 3.46. The molecule has 1 fully saturated rings. The van der Waals surface area contributed by atoms with E-state index in [1.807, 2.05) is 13.8 Å². The Kier molecular flexibility index (Phi) is 5.02. The quantitative estimate of drug-likeness (QED) is 0.685. The number of hydrogen-bond acceptors (Lipinski definition) is 6. The Labute approximate surface area is 168 Å². The lowest BCUT2D eigenvalue weighted by Gasteiger charge is -2.37. The van der Waals surface area contributed by atoms with Crippen molar-refractivity contribution in [3.8, 4) is 5.75 Å². The molecule has 28 heavy (non-hydrogen) atoms. The minimum Gasteiger partial charge on any atom is -0.506 e. The van der Waals surface area contributed by atoms with Crippen LogP contribution in [-0.4, -0.2) is 27.2 Å². The van der Waals surface area contributed by atoms with E-state index in [-0.39, 0.29) is 34.9 Å². The number of nitrogens with one attached hydrogen (secondary N) is 1. The number of hydrogen-bond donors (Lipinski definition) is 2. The molecule has 1 amide bonds. The number of amides is 1. The summed E-state index contributed by atoms with van der Waals surface area (Å²) in [7, 11) is 0. The highest BCUT2D eigenvalue weighted by atomic mass is 35.5. The van der Waals surface area contributed by atoms with Crippen LogP contribution in [0.15, 0.2) is 24.4 Å². The van der Waals surface area contributed by atoms with Gasteiger partial charge in [0, 0.05) is 17.9 Å². The monoisotopic (exact) mass is 402 g/mol. The maximum Gasteiger partial charge on any atom is 0.416 e. The fourth-order valence-corrected chi connectivity index (χ4v) is 4.03. The summed E-state index contributed by atoms with van der Waals surface area (Å²) in [6.07, 6.45) is 5.11. The first kappa shape index (κ1) is 18.8. The molecule has 148 valence electrons. The second-order valence-corrected chi connectivity index (χ2v) is 8.03. The largest absolute Gasteiger partial charge is 0.506 e. The SMILES string of the molecule is CC(C)C1OC(=O)N(C2CCCC2)c2nc(Nc3ccc(O)c(Cl)c3)ncc21. The highest BCUT2D eigenvalue weighted by molar-refractivity contribution is 6.32. The molecular weight excluding hydrogens is 380 g/mol. The molecule has 1 aromatic heterocycles. The summed E-state index contributed by atoms with van der Waals surface area (Å²) >= 11 is 5.98. The summed E-state index contributed by atoms with van der Waals surface area (Å²) < 4.78 is 5.73. The first-order chi connectivity index (χ1) is 13.4. The van der Waals surface area contributed by atoms with Crippen LogP contribution in [0.4, 0.5) is 22.2 Å². The van der Waals surface area contributed by atoms with Gasteiger partial charge in [-0.05, 0) is 37.0 Å². The molecule has 1 unspecified atom stereocenters. The van der Waals surface area contributed by atoms with Gasteiger partial charge in [0.25, 0.3) is 0 Å². The second kappa shape index (κ2) is 7.47. The first-order valence-corrected chi connectivity index (χ1v) is 9.94. The van der Waals surface area contributed by atoms with Gasteiger partial charge in [0.2, 0.25) is 5.95 Å². The summed E-state index contributed by atoms with van der Waals surface area (Å²) in [5.74, 6) is 1.10. The average Bonchev–Trinajstić information content (AvgIpc) is 3.18. The van der Waals surface area contributed by atoms with Crippen molar-refractivity contribution in [1.82, 2.24) is 9.97 Å². The Morgan fingerprint density at radius 1 is 1.32 bits per heavy atom. The van der Waals surface area contributed by atoms with Crippen LogP contribution in [0.3, 0.4) is 0 Å². The Bertz CT molecular complexity index is 899. The van der Waals surface area contributed by atoms with E-state index in [1.54, 1.807) is 23.2 Å². The first-order valence-electron chi connectivity index (χ1n) is 9.56.